The normalized spacial score (nSPS) is 16.1. The number of ether oxygens (including phenoxy) is 2. The van der Waals surface area contributed by atoms with Crippen molar-refractivity contribution in [2.75, 3.05) is 30.4 Å². The number of benzene rings is 2. The number of alkyl halides is 3. The fourth-order valence-corrected chi connectivity index (χ4v) is 4.75. The fourth-order valence-electron chi connectivity index (χ4n) is 3.83. The van der Waals surface area contributed by atoms with Crippen LogP contribution in [-0.4, -0.2) is 54.1 Å². The highest BCUT2D eigenvalue weighted by atomic mass is 32.1. The fraction of sp³-hybridized carbons (Fsp3) is 0.375. The standard InChI is InChI=1S/C24H24F4N4O5S/c1-2-29-20(33)23(35,24(26,27)28)13-11-17(37-16-7-9-36-10-8-16)19-18(12-13)38-22(31-19)32-21(34)30-15-5-3-14(25)4-6-15/h3-6,11-12,16,35H,2,7-10H2,1H3,(H,29,33)(H2,30,31,32,34)/t23-/m0/s1. The molecule has 0 radical (unpaired) electrons. The molecule has 2 aromatic carbocycles. The molecule has 1 aliphatic rings. The van der Waals surface area contributed by atoms with Crippen molar-refractivity contribution in [3.63, 3.8) is 0 Å². The lowest BCUT2D eigenvalue weighted by atomic mass is 9.91. The molecule has 4 rings (SSSR count). The van der Waals surface area contributed by atoms with Crippen molar-refractivity contribution in [1.82, 2.24) is 10.3 Å². The summed E-state index contributed by atoms with van der Waals surface area (Å²) in [6, 6.07) is 6.23. The van der Waals surface area contributed by atoms with Crippen LogP contribution in [0.1, 0.15) is 25.3 Å². The zero-order valence-electron chi connectivity index (χ0n) is 20.0. The Kier molecular flexibility index (Phi) is 8.04. The molecule has 0 unspecified atom stereocenters. The highest BCUT2D eigenvalue weighted by Crippen LogP contribution is 2.44. The van der Waals surface area contributed by atoms with Crippen molar-refractivity contribution >= 4 is 44.3 Å². The van der Waals surface area contributed by atoms with Gasteiger partial charge in [0.15, 0.2) is 5.13 Å². The summed E-state index contributed by atoms with van der Waals surface area (Å²) in [4.78, 5) is 29.2. The lowest BCUT2D eigenvalue weighted by Crippen LogP contribution is -2.54. The Morgan fingerprint density at radius 1 is 1.16 bits per heavy atom. The number of halogens is 4. The van der Waals surface area contributed by atoms with E-state index in [1.54, 1.807) is 0 Å². The van der Waals surface area contributed by atoms with Crippen LogP contribution in [0.15, 0.2) is 36.4 Å². The van der Waals surface area contributed by atoms with Gasteiger partial charge in [-0.1, -0.05) is 11.3 Å². The Morgan fingerprint density at radius 3 is 2.47 bits per heavy atom. The van der Waals surface area contributed by atoms with E-state index in [9.17, 15) is 32.3 Å². The maximum absolute atomic E-state index is 14.1. The largest absolute Gasteiger partial charge is 0.488 e. The smallest absolute Gasteiger partial charge is 0.430 e. The zero-order valence-corrected chi connectivity index (χ0v) is 20.8. The second-order valence-corrected chi connectivity index (χ2v) is 9.45. The number of anilines is 2. The molecule has 38 heavy (non-hydrogen) atoms. The molecule has 3 aromatic rings. The van der Waals surface area contributed by atoms with Crippen LogP contribution in [0.4, 0.5) is 33.2 Å². The highest BCUT2D eigenvalue weighted by molar-refractivity contribution is 7.22. The molecule has 0 saturated carbocycles. The Morgan fingerprint density at radius 2 is 1.84 bits per heavy atom. The summed E-state index contributed by atoms with van der Waals surface area (Å²) >= 11 is 0.823. The molecule has 9 nitrogen and oxygen atoms in total. The Labute approximate surface area is 218 Å². The molecule has 0 spiro atoms. The van der Waals surface area contributed by atoms with Gasteiger partial charge in [0.25, 0.3) is 11.5 Å². The van der Waals surface area contributed by atoms with Crippen molar-refractivity contribution in [3.8, 4) is 5.75 Å². The van der Waals surface area contributed by atoms with Gasteiger partial charge in [0, 0.05) is 30.6 Å². The van der Waals surface area contributed by atoms with Gasteiger partial charge in [-0.05, 0) is 43.3 Å². The summed E-state index contributed by atoms with van der Waals surface area (Å²) in [5.41, 5.74) is -4.17. The minimum absolute atomic E-state index is 0.0159. The third-order valence-corrected chi connectivity index (χ3v) is 6.66. The number of nitrogens with one attached hydrogen (secondary N) is 3. The number of hydrogen-bond donors (Lipinski definition) is 4. The maximum atomic E-state index is 14.1. The van der Waals surface area contributed by atoms with E-state index in [1.165, 1.54) is 19.1 Å². The highest BCUT2D eigenvalue weighted by Gasteiger charge is 2.61. The maximum Gasteiger partial charge on any atom is 0.430 e. The molecule has 1 aliphatic heterocycles. The molecule has 1 atom stereocenters. The van der Waals surface area contributed by atoms with E-state index in [4.69, 9.17) is 9.47 Å². The van der Waals surface area contributed by atoms with E-state index in [0.717, 1.165) is 35.6 Å². The molecule has 1 saturated heterocycles. The third-order valence-electron chi connectivity index (χ3n) is 5.74. The first-order valence-corrected chi connectivity index (χ1v) is 12.4. The number of aromatic nitrogens is 1. The molecule has 0 bridgehead atoms. The summed E-state index contributed by atoms with van der Waals surface area (Å²) in [6.45, 7) is 2.08. The number of thiazole rings is 1. The van der Waals surface area contributed by atoms with Gasteiger partial charge in [0.05, 0.1) is 17.9 Å². The van der Waals surface area contributed by atoms with Gasteiger partial charge in [-0.25, -0.2) is 14.2 Å². The summed E-state index contributed by atoms with van der Waals surface area (Å²) in [7, 11) is 0. The minimum Gasteiger partial charge on any atom is -0.488 e. The number of aliphatic hydroxyl groups is 1. The molecule has 3 amide bonds. The first-order chi connectivity index (χ1) is 18.0. The predicted molar refractivity (Wildman–Crippen MR) is 132 cm³/mol. The first kappa shape index (κ1) is 27.5. The van der Waals surface area contributed by atoms with E-state index in [-0.39, 0.29) is 27.6 Å². The van der Waals surface area contributed by atoms with Crippen LogP contribution in [0.5, 0.6) is 5.75 Å². The second kappa shape index (κ2) is 11.1. The van der Waals surface area contributed by atoms with Crippen LogP contribution in [-0.2, 0) is 15.1 Å². The zero-order chi connectivity index (χ0) is 27.5. The van der Waals surface area contributed by atoms with E-state index in [2.05, 4.69) is 15.6 Å². The quantitative estimate of drug-likeness (QED) is 0.318. The summed E-state index contributed by atoms with van der Waals surface area (Å²) in [5.74, 6) is -2.20. The molecule has 1 fully saturated rings. The molecule has 0 aliphatic carbocycles. The SMILES string of the molecule is CCNC(=O)[C@@](O)(c1cc(OC2CCOCC2)c2nc(NC(=O)Nc3ccc(F)cc3)sc2c1)C(F)(F)F. The summed E-state index contributed by atoms with van der Waals surface area (Å²) < 4.78 is 66.8. The molecule has 1 aromatic heterocycles. The Hall–Kier alpha value is -3.49. The van der Waals surface area contributed by atoms with Crippen molar-refractivity contribution in [2.45, 2.75) is 37.6 Å². The molecule has 204 valence electrons. The number of urea groups is 1. The van der Waals surface area contributed by atoms with Crippen LogP contribution >= 0.6 is 11.3 Å². The molecular weight excluding hydrogens is 532 g/mol. The van der Waals surface area contributed by atoms with Crippen LogP contribution in [0.3, 0.4) is 0 Å². The number of likely N-dealkylation sites (N-methyl/N-ethyl adjacent to an activating group) is 1. The number of amides is 3. The van der Waals surface area contributed by atoms with E-state index in [1.807, 2.05) is 5.32 Å². The van der Waals surface area contributed by atoms with Gasteiger partial charge in [-0.3, -0.25) is 10.1 Å². The van der Waals surface area contributed by atoms with E-state index < -0.39 is 41.2 Å². The topological polar surface area (TPSA) is 122 Å². The van der Waals surface area contributed by atoms with Gasteiger partial charge in [0.1, 0.15) is 23.2 Å². The molecule has 4 N–H and O–H groups in total. The van der Waals surface area contributed by atoms with Crippen LogP contribution in [0.25, 0.3) is 10.2 Å². The average Bonchev–Trinajstić information content (AvgIpc) is 3.27. The van der Waals surface area contributed by atoms with E-state index in [0.29, 0.717) is 31.7 Å². The average molecular weight is 557 g/mol. The van der Waals surface area contributed by atoms with Gasteiger partial charge in [-0.15, -0.1) is 0 Å². The lowest BCUT2D eigenvalue weighted by molar-refractivity contribution is -0.256. The number of fused-ring (bicyclic) bond motifs is 1. The molecule has 14 heteroatoms. The van der Waals surface area contributed by atoms with Crippen molar-refractivity contribution < 1.29 is 41.7 Å². The van der Waals surface area contributed by atoms with Crippen molar-refractivity contribution in [3.05, 3.63) is 47.8 Å². The number of nitrogens with zero attached hydrogens (tertiary/aromatic N) is 1. The third kappa shape index (κ3) is 5.81. The van der Waals surface area contributed by atoms with Gasteiger partial charge in [-0.2, -0.15) is 13.2 Å². The Balaban J connectivity index is 1.72. The van der Waals surface area contributed by atoms with Gasteiger partial charge in [0.2, 0.25) is 0 Å². The lowest BCUT2D eigenvalue weighted by Gasteiger charge is -2.30. The monoisotopic (exact) mass is 556 g/mol. The summed E-state index contributed by atoms with van der Waals surface area (Å²) in [5, 5.41) is 17.7. The number of carbonyl (C=O) groups is 2. The van der Waals surface area contributed by atoms with Crippen LogP contribution in [0, 0.1) is 5.82 Å². The number of rotatable bonds is 7. The second-order valence-electron chi connectivity index (χ2n) is 8.42. The molecule has 2 heterocycles. The number of hydrogen-bond acceptors (Lipinski definition) is 7. The van der Waals surface area contributed by atoms with Crippen molar-refractivity contribution in [1.29, 1.82) is 0 Å². The summed E-state index contributed by atoms with van der Waals surface area (Å²) in [6.07, 6.45) is -4.80. The van der Waals surface area contributed by atoms with E-state index >= 15 is 0 Å². The van der Waals surface area contributed by atoms with Crippen LogP contribution < -0.4 is 20.7 Å². The number of carbonyl (C=O) groups excluding carboxylic acids is 2. The Bertz CT molecular complexity index is 1310. The predicted octanol–water partition coefficient (Wildman–Crippen LogP) is 4.52. The minimum atomic E-state index is -5.35. The first-order valence-electron chi connectivity index (χ1n) is 11.6. The van der Waals surface area contributed by atoms with Crippen molar-refractivity contribution in [2.24, 2.45) is 0 Å². The van der Waals surface area contributed by atoms with Gasteiger partial charge >= 0.3 is 12.2 Å². The van der Waals surface area contributed by atoms with Gasteiger partial charge < -0.3 is 25.2 Å². The molecular formula is C24H24F4N4O5S. The van der Waals surface area contributed by atoms with Crippen LogP contribution in [0.2, 0.25) is 0 Å².